The van der Waals surface area contributed by atoms with Crippen LogP contribution in [0.5, 0.6) is 0 Å². The lowest BCUT2D eigenvalue weighted by Gasteiger charge is -2.09. The van der Waals surface area contributed by atoms with Gasteiger partial charge in [0.05, 0.1) is 22.2 Å². The number of rotatable bonds is 4. The molecule has 0 spiro atoms. The third kappa shape index (κ3) is 4.25. The Balaban J connectivity index is 1.77. The van der Waals surface area contributed by atoms with E-state index in [0.717, 1.165) is 0 Å². The number of amides is 1. The molecule has 0 bridgehead atoms. The number of hydrogen-bond acceptors (Lipinski definition) is 3. The van der Waals surface area contributed by atoms with Gasteiger partial charge in [-0.2, -0.15) is 0 Å². The molecule has 0 aliphatic heterocycles. The zero-order valence-electron chi connectivity index (χ0n) is 13.2. The first kappa shape index (κ1) is 18.5. The number of hydrogen-bond donors (Lipinski definition) is 2. The Morgan fingerprint density at radius 3 is 2.31 bits per heavy atom. The minimum Gasteiger partial charge on any atom is -0.323 e. The standard InChI is InChI=1S/C18H12Cl3N3O2/c19-12-6-4-10(5-7-12)17-22-9-11(18(26)24-17)8-15(25)23-16-13(20)2-1-3-14(16)21/h1-7,9H,8H2,(H,23,25)(H,22,24,26). The molecule has 1 amide bonds. The molecule has 26 heavy (non-hydrogen) atoms. The fraction of sp³-hybridized carbons (Fsp3) is 0.0556. The van der Waals surface area contributed by atoms with E-state index in [4.69, 9.17) is 34.8 Å². The van der Waals surface area contributed by atoms with Crippen LogP contribution in [0.2, 0.25) is 15.1 Å². The highest BCUT2D eigenvalue weighted by Gasteiger charge is 2.13. The highest BCUT2D eigenvalue weighted by molar-refractivity contribution is 6.39. The minimum atomic E-state index is -0.424. The van der Waals surface area contributed by atoms with E-state index >= 15 is 0 Å². The van der Waals surface area contributed by atoms with Crippen LogP contribution in [0.4, 0.5) is 5.69 Å². The molecule has 0 radical (unpaired) electrons. The van der Waals surface area contributed by atoms with Crippen molar-refractivity contribution in [3.8, 4) is 11.4 Å². The molecule has 3 aromatic rings. The molecule has 0 saturated carbocycles. The van der Waals surface area contributed by atoms with Gasteiger partial charge in [-0.1, -0.05) is 40.9 Å². The molecule has 3 rings (SSSR count). The summed E-state index contributed by atoms with van der Waals surface area (Å²) >= 11 is 17.9. The summed E-state index contributed by atoms with van der Waals surface area (Å²) in [6, 6.07) is 11.8. The highest BCUT2D eigenvalue weighted by Crippen LogP contribution is 2.29. The number of halogens is 3. The van der Waals surface area contributed by atoms with Gasteiger partial charge in [0.2, 0.25) is 5.91 Å². The number of carbonyl (C=O) groups is 1. The molecule has 8 heteroatoms. The number of aromatic nitrogens is 2. The van der Waals surface area contributed by atoms with Crippen molar-refractivity contribution in [2.75, 3.05) is 5.32 Å². The van der Waals surface area contributed by atoms with Gasteiger partial charge in [0.15, 0.2) is 0 Å². The van der Waals surface area contributed by atoms with Gasteiger partial charge in [0.1, 0.15) is 5.82 Å². The third-order valence-corrected chi connectivity index (χ3v) is 4.45. The first-order chi connectivity index (χ1) is 12.4. The quantitative estimate of drug-likeness (QED) is 0.663. The Morgan fingerprint density at radius 1 is 1.04 bits per heavy atom. The third-order valence-electron chi connectivity index (χ3n) is 3.57. The van der Waals surface area contributed by atoms with E-state index in [2.05, 4.69) is 15.3 Å². The maximum atomic E-state index is 12.2. The van der Waals surface area contributed by atoms with Crippen LogP contribution >= 0.6 is 34.8 Å². The summed E-state index contributed by atoms with van der Waals surface area (Å²) in [4.78, 5) is 31.3. The van der Waals surface area contributed by atoms with Gasteiger partial charge in [-0.3, -0.25) is 9.59 Å². The lowest BCUT2D eigenvalue weighted by Crippen LogP contribution is -2.22. The number of H-pyrrole nitrogens is 1. The van der Waals surface area contributed by atoms with Crippen LogP contribution in [0.3, 0.4) is 0 Å². The van der Waals surface area contributed by atoms with Crippen molar-refractivity contribution in [1.29, 1.82) is 0 Å². The Morgan fingerprint density at radius 2 is 1.69 bits per heavy atom. The zero-order valence-corrected chi connectivity index (χ0v) is 15.5. The summed E-state index contributed by atoms with van der Waals surface area (Å²) in [5.74, 6) is -0.0310. The van der Waals surface area contributed by atoms with Crippen molar-refractivity contribution in [2.45, 2.75) is 6.42 Å². The average Bonchev–Trinajstić information content (AvgIpc) is 2.61. The second-order valence-electron chi connectivity index (χ2n) is 5.41. The van der Waals surface area contributed by atoms with Crippen molar-refractivity contribution in [1.82, 2.24) is 9.97 Å². The van der Waals surface area contributed by atoms with Gasteiger partial charge >= 0.3 is 0 Å². The summed E-state index contributed by atoms with van der Waals surface area (Å²) in [6.07, 6.45) is 1.21. The Kier molecular flexibility index (Phi) is 5.61. The van der Waals surface area contributed by atoms with Crippen LogP contribution in [0.1, 0.15) is 5.56 Å². The minimum absolute atomic E-state index is 0.162. The predicted octanol–water partition coefficient (Wildman–Crippen LogP) is 4.58. The van der Waals surface area contributed by atoms with Gasteiger partial charge in [-0.05, 0) is 36.4 Å². The van der Waals surface area contributed by atoms with E-state index in [-0.39, 0.29) is 12.0 Å². The molecular weight excluding hydrogens is 397 g/mol. The number of para-hydroxylation sites is 1. The summed E-state index contributed by atoms with van der Waals surface area (Å²) in [5, 5.41) is 3.83. The molecule has 1 heterocycles. The molecule has 2 aromatic carbocycles. The normalized spacial score (nSPS) is 10.6. The second-order valence-corrected chi connectivity index (χ2v) is 6.67. The van der Waals surface area contributed by atoms with Crippen molar-refractivity contribution >= 4 is 46.4 Å². The number of anilines is 1. The zero-order chi connectivity index (χ0) is 18.7. The van der Waals surface area contributed by atoms with Crippen molar-refractivity contribution in [3.05, 3.63) is 79.6 Å². The molecule has 5 nitrogen and oxygen atoms in total. The number of nitrogens with zero attached hydrogens (tertiary/aromatic N) is 1. The molecule has 0 aliphatic carbocycles. The molecular formula is C18H12Cl3N3O2. The lowest BCUT2D eigenvalue weighted by molar-refractivity contribution is -0.115. The van der Waals surface area contributed by atoms with E-state index in [9.17, 15) is 9.59 Å². The molecule has 0 aliphatic rings. The van der Waals surface area contributed by atoms with Crippen LogP contribution in [0.15, 0.2) is 53.5 Å². The van der Waals surface area contributed by atoms with Crippen molar-refractivity contribution in [2.24, 2.45) is 0 Å². The maximum absolute atomic E-state index is 12.2. The summed E-state index contributed by atoms with van der Waals surface area (Å²) < 4.78 is 0. The van der Waals surface area contributed by atoms with Gasteiger partial charge in [-0.15, -0.1) is 0 Å². The van der Waals surface area contributed by atoms with Gasteiger partial charge in [0.25, 0.3) is 5.56 Å². The lowest BCUT2D eigenvalue weighted by atomic mass is 10.2. The summed E-state index contributed by atoms with van der Waals surface area (Å²) in [6.45, 7) is 0. The fourth-order valence-electron chi connectivity index (χ4n) is 2.28. The van der Waals surface area contributed by atoms with E-state index in [1.54, 1.807) is 42.5 Å². The predicted molar refractivity (Wildman–Crippen MR) is 104 cm³/mol. The smallest absolute Gasteiger partial charge is 0.254 e. The summed E-state index contributed by atoms with van der Waals surface area (Å²) in [5.41, 5.74) is 0.849. The largest absolute Gasteiger partial charge is 0.323 e. The van der Waals surface area contributed by atoms with E-state index in [1.807, 2.05) is 0 Å². The molecule has 132 valence electrons. The van der Waals surface area contributed by atoms with Crippen LogP contribution in [0, 0.1) is 0 Å². The van der Waals surface area contributed by atoms with Gasteiger partial charge < -0.3 is 10.3 Å². The van der Waals surface area contributed by atoms with E-state index in [0.29, 0.717) is 32.1 Å². The van der Waals surface area contributed by atoms with Crippen LogP contribution < -0.4 is 10.9 Å². The SMILES string of the molecule is O=C(Cc1cnc(-c2ccc(Cl)cc2)[nH]c1=O)Nc1c(Cl)cccc1Cl. The monoisotopic (exact) mass is 407 g/mol. The molecule has 0 unspecified atom stereocenters. The van der Waals surface area contributed by atoms with Crippen LogP contribution in [-0.4, -0.2) is 15.9 Å². The van der Waals surface area contributed by atoms with E-state index < -0.39 is 11.5 Å². The maximum Gasteiger partial charge on any atom is 0.254 e. The van der Waals surface area contributed by atoms with Crippen molar-refractivity contribution in [3.63, 3.8) is 0 Å². The Hall–Kier alpha value is -2.34. The average molecular weight is 409 g/mol. The van der Waals surface area contributed by atoms with Gasteiger partial charge in [-0.25, -0.2) is 4.98 Å². The highest BCUT2D eigenvalue weighted by atomic mass is 35.5. The first-order valence-corrected chi connectivity index (χ1v) is 8.65. The van der Waals surface area contributed by atoms with Crippen LogP contribution in [0.25, 0.3) is 11.4 Å². The van der Waals surface area contributed by atoms with Crippen molar-refractivity contribution < 1.29 is 4.79 Å². The number of benzene rings is 2. The molecule has 0 saturated heterocycles. The summed E-state index contributed by atoms with van der Waals surface area (Å²) in [7, 11) is 0. The number of nitrogens with one attached hydrogen (secondary N) is 2. The van der Waals surface area contributed by atoms with E-state index in [1.165, 1.54) is 6.20 Å². The molecule has 0 atom stereocenters. The van der Waals surface area contributed by atoms with Gasteiger partial charge in [0, 0.05) is 22.3 Å². The molecule has 2 N–H and O–H groups in total. The molecule has 0 fully saturated rings. The fourth-order valence-corrected chi connectivity index (χ4v) is 2.89. The Bertz CT molecular complexity index is 997. The second kappa shape index (κ2) is 7.91. The first-order valence-electron chi connectivity index (χ1n) is 7.52. The number of carbonyl (C=O) groups excluding carboxylic acids is 1. The number of aromatic amines is 1. The molecule has 1 aromatic heterocycles. The van der Waals surface area contributed by atoms with Crippen LogP contribution in [-0.2, 0) is 11.2 Å². The Labute approximate surface area is 163 Å². The topological polar surface area (TPSA) is 74.8 Å².